The number of rotatable bonds is 5. The van der Waals surface area contributed by atoms with E-state index in [1.165, 1.54) is 24.3 Å². The number of hydrogen-bond acceptors (Lipinski definition) is 5. The summed E-state index contributed by atoms with van der Waals surface area (Å²) in [7, 11) is -4.02. The highest BCUT2D eigenvalue weighted by Gasteiger charge is 2.17. The predicted octanol–water partition coefficient (Wildman–Crippen LogP) is 3.18. The molecule has 0 amide bonds. The van der Waals surface area contributed by atoms with Crippen LogP contribution in [0.2, 0.25) is 5.02 Å². The summed E-state index contributed by atoms with van der Waals surface area (Å²) in [6.07, 6.45) is 0. The number of fused-ring (bicyclic) bond motifs is 1. The van der Waals surface area contributed by atoms with Crippen molar-refractivity contribution in [2.24, 2.45) is 0 Å². The van der Waals surface area contributed by atoms with Gasteiger partial charge in [0.2, 0.25) is 0 Å². The Balaban J connectivity index is 1.89. The number of hydrogen-bond donors (Lipinski definition) is 2. The summed E-state index contributed by atoms with van der Waals surface area (Å²) in [5.74, 6) is -0.992. The quantitative estimate of drug-likeness (QED) is 0.696. The predicted molar refractivity (Wildman–Crippen MR) is 85.7 cm³/mol. The third-order valence-electron chi connectivity index (χ3n) is 3.10. The Morgan fingerprint density at radius 2 is 1.96 bits per heavy atom. The zero-order valence-corrected chi connectivity index (χ0v) is 13.7. The van der Waals surface area contributed by atoms with E-state index in [4.69, 9.17) is 16.0 Å². The van der Waals surface area contributed by atoms with Gasteiger partial charge >= 0.3 is 12.4 Å². The zero-order valence-electron chi connectivity index (χ0n) is 12.1. The third kappa shape index (κ3) is 3.74. The van der Waals surface area contributed by atoms with Crippen molar-refractivity contribution in [1.29, 1.82) is 0 Å². The minimum absolute atomic E-state index is 0.0437. The van der Waals surface area contributed by atoms with Gasteiger partial charge in [0, 0.05) is 6.07 Å². The SMILES string of the molecule is O=c1[nH]c2ccc(S(=O)(=O)Nc3ccc(OC(F)F)c(Cl)c3)cc2o1. The number of alkyl halides is 2. The molecule has 0 spiro atoms. The van der Waals surface area contributed by atoms with Crippen LogP contribution in [0.5, 0.6) is 5.75 Å². The summed E-state index contributed by atoms with van der Waals surface area (Å²) < 4.78 is 60.4. The Hall–Kier alpha value is -2.59. The number of anilines is 1. The van der Waals surface area contributed by atoms with E-state index in [0.717, 1.165) is 12.1 Å². The number of ether oxygens (including phenoxy) is 1. The van der Waals surface area contributed by atoms with Gasteiger partial charge in [0.05, 0.1) is 21.1 Å². The molecule has 0 unspecified atom stereocenters. The average Bonchev–Trinajstić information content (AvgIpc) is 2.88. The molecule has 0 saturated heterocycles. The molecule has 2 N–H and O–H groups in total. The molecule has 0 aliphatic rings. The van der Waals surface area contributed by atoms with Crippen molar-refractivity contribution in [1.82, 2.24) is 4.98 Å². The second-order valence-corrected chi connectivity index (χ2v) is 6.89. The molecule has 7 nitrogen and oxygen atoms in total. The largest absolute Gasteiger partial charge is 0.433 e. The highest BCUT2D eigenvalue weighted by Crippen LogP contribution is 2.30. The van der Waals surface area contributed by atoms with E-state index < -0.39 is 22.4 Å². The van der Waals surface area contributed by atoms with Gasteiger partial charge < -0.3 is 9.15 Å². The fourth-order valence-electron chi connectivity index (χ4n) is 2.06. The smallest absolute Gasteiger partial charge is 0.417 e. The van der Waals surface area contributed by atoms with E-state index >= 15 is 0 Å². The van der Waals surface area contributed by atoms with Gasteiger partial charge in [-0.2, -0.15) is 8.78 Å². The van der Waals surface area contributed by atoms with Crippen LogP contribution in [0.25, 0.3) is 11.1 Å². The lowest BCUT2D eigenvalue weighted by Gasteiger charge is -2.11. The molecule has 3 rings (SSSR count). The first-order valence-corrected chi connectivity index (χ1v) is 8.51. The summed E-state index contributed by atoms with van der Waals surface area (Å²) >= 11 is 5.78. The van der Waals surface area contributed by atoms with Crippen molar-refractivity contribution in [2.75, 3.05) is 4.72 Å². The van der Waals surface area contributed by atoms with Crippen LogP contribution >= 0.6 is 11.6 Å². The van der Waals surface area contributed by atoms with E-state index in [2.05, 4.69) is 14.4 Å². The number of oxazole rings is 1. The van der Waals surface area contributed by atoms with Crippen LogP contribution < -0.4 is 15.2 Å². The van der Waals surface area contributed by atoms with Gasteiger partial charge in [0.1, 0.15) is 5.75 Å². The minimum Gasteiger partial charge on any atom is -0.433 e. The molecule has 3 aromatic rings. The minimum atomic E-state index is -4.02. The second-order valence-electron chi connectivity index (χ2n) is 4.80. The number of H-pyrrole nitrogens is 1. The maximum Gasteiger partial charge on any atom is 0.417 e. The van der Waals surface area contributed by atoms with Gasteiger partial charge in [-0.3, -0.25) is 9.71 Å². The van der Waals surface area contributed by atoms with E-state index in [1.54, 1.807) is 0 Å². The fourth-order valence-corrected chi connectivity index (χ4v) is 3.35. The zero-order chi connectivity index (χ0) is 18.2. The first kappa shape index (κ1) is 17.2. The Morgan fingerprint density at radius 1 is 1.20 bits per heavy atom. The Kier molecular flexibility index (Phi) is 4.39. The Labute approximate surface area is 144 Å². The van der Waals surface area contributed by atoms with E-state index in [9.17, 15) is 22.0 Å². The van der Waals surface area contributed by atoms with Crippen molar-refractivity contribution in [3.63, 3.8) is 0 Å². The number of aromatic nitrogens is 1. The lowest BCUT2D eigenvalue weighted by Crippen LogP contribution is -2.13. The molecule has 1 aromatic heterocycles. The summed E-state index contributed by atoms with van der Waals surface area (Å²) in [6, 6.07) is 7.28. The van der Waals surface area contributed by atoms with Gasteiger partial charge in [-0.05, 0) is 30.3 Å². The first-order chi connectivity index (χ1) is 11.7. The summed E-state index contributed by atoms with van der Waals surface area (Å²) in [4.78, 5) is 13.3. The molecule has 0 aliphatic carbocycles. The first-order valence-electron chi connectivity index (χ1n) is 6.65. The molecule has 0 radical (unpaired) electrons. The van der Waals surface area contributed by atoms with Gasteiger partial charge in [0.25, 0.3) is 10.0 Å². The van der Waals surface area contributed by atoms with Gasteiger partial charge in [0.15, 0.2) is 5.58 Å². The van der Waals surface area contributed by atoms with Gasteiger partial charge in [-0.1, -0.05) is 11.6 Å². The molecular formula is C14H9ClF2N2O5S. The molecule has 0 saturated carbocycles. The summed E-state index contributed by atoms with van der Waals surface area (Å²) in [5, 5.41) is -0.187. The van der Waals surface area contributed by atoms with Crippen LogP contribution in [-0.4, -0.2) is 20.0 Å². The second kappa shape index (κ2) is 6.37. The molecule has 0 fully saturated rings. The normalized spacial score (nSPS) is 11.8. The lowest BCUT2D eigenvalue weighted by atomic mass is 10.3. The van der Waals surface area contributed by atoms with Crippen LogP contribution in [0.15, 0.2) is 50.5 Å². The van der Waals surface area contributed by atoms with Crippen molar-refractivity contribution >= 4 is 38.4 Å². The molecule has 0 aliphatic heterocycles. The molecule has 11 heteroatoms. The molecule has 2 aromatic carbocycles. The average molecular weight is 391 g/mol. The number of aromatic amines is 1. The number of sulfonamides is 1. The van der Waals surface area contributed by atoms with Crippen molar-refractivity contribution in [3.05, 3.63) is 52.0 Å². The van der Waals surface area contributed by atoms with Crippen molar-refractivity contribution < 1.29 is 26.4 Å². The van der Waals surface area contributed by atoms with Crippen molar-refractivity contribution in [2.45, 2.75) is 11.5 Å². The third-order valence-corrected chi connectivity index (χ3v) is 4.78. The van der Waals surface area contributed by atoms with Crippen LogP contribution in [0.3, 0.4) is 0 Å². The molecule has 0 bridgehead atoms. The van der Waals surface area contributed by atoms with Crippen LogP contribution in [0.1, 0.15) is 0 Å². The van der Waals surface area contributed by atoms with E-state index in [-0.39, 0.29) is 26.9 Å². The van der Waals surface area contributed by atoms with Crippen LogP contribution in [-0.2, 0) is 10.0 Å². The molecular weight excluding hydrogens is 382 g/mol. The van der Waals surface area contributed by atoms with Crippen molar-refractivity contribution in [3.8, 4) is 5.75 Å². The lowest BCUT2D eigenvalue weighted by molar-refractivity contribution is -0.0497. The molecule has 25 heavy (non-hydrogen) atoms. The molecule has 1 heterocycles. The summed E-state index contributed by atoms with van der Waals surface area (Å²) in [6.45, 7) is -3.05. The molecule has 132 valence electrons. The highest BCUT2D eigenvalue weighted by atomic mass is 35.5. The van der Waals surface area contributed by atoms with Gasteiger partial charge in [-0.15, -0.1) is 0 Å². The maximum atomic E-state index is 12.4. The summed E-state index contributed by atoms with van der Waals surface area (Å²) in [5.41, 5.74) is 0.467. The number of halogens is 3. The van der Waals surface area contributed by atoms with E-state index in [1.807, 2.05) is 0 Å². The topological polar surface area (TPSA) is 101 Å². The van der Waals surface area contributed by atoms with Crippen LogP contribution in [0, 0.1) is 0 Å². The highest BCUT2D eigenvalue weighted by molar-refractivity contribution is 7.92. The maximum absolute atomic E-state index is 12.4. The fraction of sp³-hybridized carbons (Fsp3) is 0.0714. The number of benzene rings is 2. The Bertz CT molecular complexity index is 1090. The van der Waals surface area contributed by atoms with Crippen LogP contribution in [0.4, 0.5) is 14.5 Å². The van der Waals surface area contributed by atoms with E-state index in [0.29, 0.717) is 5.52 Å². The molecule has 0 atom stereocenters. The number of nitrogens with one attached hydrogen (secondary N) is 2. The standard InChI is InChI=1S/C14H9ClF2N2O5S/c15-9-5-7(1-4-11(9)23-13(16)17)19-25(21,22)8-2-3-10-12(6-8)24-14(20)18-10/h1-6,13,19H,(H,18,20). The van der Waals surface area contributed by atoms with Gasteiger partial charge in [-0.25, -0.2) is 13.2 Å². The Morgan fingerprint density at radius 3 is 2.64 bits per heavy atom. The monoisotopic (exact) mass is 390 g/mol.